The van der Waals surface area contributed by atoms with Crippen LogP contribution in [0, 0.1) is 0 Å². The molecular formula is C17H17N5O4. The Kier molecular flexibility index (Phi) is 3.90. The molecular weight excluding hydrogens is 338 g/mol. The van der Waals surface area contributed by atoms with Gasteiger partial charge in [-0.15, -0.1) is 0 Å². The third-order valence-electron chi connectivity index (χ3n) is 4.73. The van der Waals surface area contributed by atoms with Crippen molar-refractivity contribution in [3.05, 3.63) is 36.2 Å². The molecule has 1 spiro atoms. The Bertz CT molecular complexity index is 864. The maximum atomic E-state index is 11.3. The van der Waals surface area contributed by atoms with Gasteiger partial charge >= 0.3 is 12.1 Å². The number of aromatic carboxylic acids is 1. The number of pyridine rings is 1. The van der Waals surface area contributed by atoms with E-state index in [2.05, 4.69) is 20.3 Å². The summed E-state index contributed by atoms with van der Waals surface area (Å²) in [5.74, 6) is -0.457. The molecule has 9 heteroatoms. The summed E-state index contributed by atoms with van der Waals surface area (Å²) in [7, 11) is 0. The molecule has 4 rings (SSSR count). The second-order valence-corrected chi connectivity index (χ2v) is 6.39. The van der Waals surface area contributed by atoms with Crippen LogP contribution in [0.15, 0.2) is 30.6 Å². The second kappa shape index (κ2) is 6.25. The van der Waals surface area contributed by atoms with E-state index in [0.717, 1.165) is 0 Å². The molecule has 2 aliphatic heterocycles. The van der Waals surface area contributed by atoms with Crippen LogP contribution in [-0.4, -0.2) is 57.4 Å². The van der Waals surface area contributed by atoms with Crippen molar-refractivity contribution in [1.29, 1.82) is 0 Å². The van der Waals surface area contributed by atoms with E-state index in [-0.39, 0.29) is 11.7 Å². The Balaban J connectivity index is 1.53. The van der Waals surface area contributed by atoms with Crippen LogP contribution < -0.4 is 10.2 Å². The SMILES string of the molecule is O=C1NCC2(CCN(c3nccc(-c4cc(C(=O)O)ccn4)n3)CC2)O1. The normalized spacial score (nSPS) is 18.5. The Hall–Kier alpha value is -3.23. The van der Waals surface area contributed by atoms with E-state index < -0.39 is 11.6 Å². The Morgan fingerprint density at radius 2 is 1.96 bits per heavy atom. The molecule has 0 aliphatic carbocycles. The molecule has 9 nitrogen and oxygen atoms in total. The van der Waals surface area contributed by atoms with Gasteiger partial charge in [-0.05, 0) is 18.2 Å². The van der Waals surface area contributed by atoms with E-state index in [1.165, 1.54) is 18.3 Å². The fourth-order valence-electron chi connectivity index (χ4n) is 3.24. The van der Waals surface area contributed by atoms with Crippen molar-refractivity contribution in [2.45, 2.75) is 18.4 Å². The van der Waals surface area contributed by atoms with Gasteiger partial charge in [-0.1, -0.05) is 0 Å². The first-order valence-corrected chi connectivity index (χ1v) is 8.29. The first-order chi connectivity index (χ1) is 12.5. The van der Waals surface area contributed by atoms with Crippen LogP contribution in [0.5, 0.6) is 0 Å². The standard InChI is InChI=1S/C17H17N5O4/c23-14(24)11-1-5-18-13(9-11)12-2-6-19-15(21-12)22-7-3-17(4-8-22)10-20-16(25)26-17/h1-2,5-6,9H,3-4,7-8,10H2,(H,20,25)(H,23,24). The summed E-state index contributed by atoms with van der Waals surface area (Å²) >= 11 is 0. The molecule has 1 amide bonds. The van der Waals surface area contributed by atoms with Crippen molar-refractivity contribution in [3.8, 4) is 11.4 Å². The van der Waals surface area contributed by atoms with Crippen molar-refractivity contribution in [3.63, 3.8) is 0 Å². The highest BCUT2D eigenvalue weighted by molar-refractivity contribution is 5.88. The second-order valence-electron chi connectivity index (χ2n) is 6.39. The molecule has 2 N–H and O–H groups in total. The molecule has 0 radical (unpaired) electrons. The third kappa shape index (κ3) is 3.03. The summed E-state index contributed by atoms with van der Waals surface area (Å²) in [6, 6.07) is 4.63. The highest BCUT2D eigenvalue weighted by Crippen LogP contribution is 2.30. The number of rotatable bonds is 3. The van der Waals surface area contributed by atoms with Gasteiger partial charge < -0.3 is 20.1 Å². The zero-order valence-corrected chi connectivity index (χ0v) is 13.9. The van der Waals surface area contributed by atoms with Crippen LogP contribution in [0.4, 0.5) is 10.7 Å². The summed E-state index contributed by atoms with van der Waals surface area (Å²) in [6.07, 6.45) is 4.13. The Morgan fingerprint density at radius 3 is 2.65 bits per heavy atom. The number of nitrogens with zero attached hydrogens (tertiary/aromatic N) is 4. The fraction of sp³-hybridized carbons (Fsp3) is 0.353. The van der Waals surface area contributed by atoms with Gasteiger partial charge in [0.25, 0.3) is 0 Å². The molecule has 0 bridgehead atoms. The number of alkyl carbamates (subject to hydrolysis) is 1. The quantitative estimate of drug-likeness (QED) is 0.846. The van der Waals surface area contributed by atoms with Crippen LogP contribution in [0.1, 0.15) is 23.2 Å². The molecule has 0 atom stereocenters. The van der Waals surface area contributed by atoms with Gasteiger partial charge in [0.2, 0.25) is 5.95 Å². The average Bonchev–Trinajstić information content (AvgIpc) is 3.03. The van der Waals surface area contributed by atoms with Crippen molar-refractivity contribution >= 4 is 18.0 Å². The van der Waals surface area contributed by atoms with Gasteiger partial charge in [0, 0.05) is 38.3 Å². The number of ether oxygens (including phenoxy) is 1. The lowest BCUT2D eigenvalue weighted by Crippen LogP contribution is -2.47. The van der Waals surface area contributed by atoms with Crippen molar-refractivity contribution in [2.24, 2.45) is 0 Å². The number of carbonyl (C=O) groups is 2. The van der Waals surface area contributed by atoms with Gasteiger partial charge in [-0.3, -0.25) is 4.98 Å². The van der Waals surface area contributed by atoms with E-state index in [9.17, 15) is 9.59 Å². The monoisotopic (exact) mass is 355 g/mol. The van der Waals surface area contributed by atoms with E-state index in [1.807, 2.05) is 4.90 Å². The largest absolute Gasteiger partial charge is 0.478 e. The lowest BCUT2D eigenvalue weighted by Gasteiger charge is -2.37. The first-order valence-electron chi connectivity index (χ1n) is 8.29. The van der Waals surface area contributed by atoms with Gasteiger partial charge in [-0.25, -0.2) is 19.6 Å². The predicted molar refractivity (Wildman–Crippen MR) is 90.9 cm³/mol. The predicted octanol–water partition coefficient (Wildman–Crippen LogP) is 1.32. The van der Waals surface area contributed by atoms with Gasteiger partial charge in [0.05, 0.1) is 23.5 Å². The molecule has 0 aromatic carbocycles. The number of hydrogen-bond acceptors (Lipinski definition) is 7. The minimum Gasteiger partial charge on any atom is -0.478 e. The highest BCUT2D eigenvalue weighted by atomic mass is 16.6. The number of carboxylic acids is 1. The third-order valence-corrected chi connectivity index (χ3v) is 4.73. The molecule has 2 saturated heterocycles. The van der Waals surface area contributed by atoms with Crippen molar-refractivity contribution in [1.82, 2.24) is 20.3 Å². The number of carbonyl (C=O) groups excluding carboxylic acids is 1. The van der Waals surface area contributed by atoms with E-state index in [4.69, 9.17) is 9.84 Å². The van der Waals surface area contributed by atoms with Crippen molar-refractivity contribution in [2.75, 3.05) is 24.5 Å². The van der Waals surface area contributed by atoms with E-state index in [1.54, 1.807) is 12.3 Å². The topological polar surface area (TPSA) is 118 Å². The van der Waals surface area contributed by atoms with E-state index in [0.29, 0.717) is 49.8 Å². The van der Waals surface area contributed by atoms with Crippen LogP contribution in [0.3, 0.4) is 0 Å². The summed E-state index contributed by atoms with van der Waals surface area (Å²) in [6.45, 7) is 1.87. The maximum absolute atomic E-state index is 11.3. The van der Waals surface area contributed by atoms with Crippen LogP contribution in [0.2, 0.25) is 0 Å². The van der Waals surface area contributed by atoms with Gasteiger partial charge in [-0.2, -0.15) is 0 Å². The molecule has 2 fully saturated rings. The minimum absolute atomic E-state index is 0.158. The zero-order chi connectivity index (χ0) is 18.1. The Morgan fingerprint density at radius 1 is 1.19 bits per heavy atom. The Labute approximate surface area is 149 Å². The average molecular weight is 355 g/mol. The van der Waals surface area contributed by atoms with Crippen LogP contribution >= 0.6 is 0 Å². The molecule has 2 aromatic heterocycles. The van der Waals surface area contributed by atoms with E-state index >= 15 is 0 Å². The summed E-state index contributed by atoms with van der Waals surface area (Å²) in [4.78, 5) is 37.6. The molecule has 0 unspecified atom stereocenters. The molecule has 26 heavy (non-hydrogen) atoms. The molecule has 4 heterocycles. The number of aromatic nitrogens is 3. The highest BCUT2D eigenvalue weighted by Gasteiger charge is 2.43. The summed E-state index contributed by atoms with van der Waals surface area (Å²) in [5, 5.41) is 11.8. The molecule has 2 aromatic rings. The summed E-state index contributed by atoms with van der Waals surface area (Å²) < 4.78 is 5.42. The van der Waals surface area contributed by atoms with Crippen molar-refractivity contribution < 1.29 is 19.4 Å². The molecule has 0 saturated carbocycles. The minimum atomic E-state index is -1.01. The van der Waals surface area contributed by atoms with Crippen LogP contribution in [-0.2, 0) is 4.74 Å². The lowest BCUT2D eigenvalue weighted by molar-refractivity contribution is 0.0364. The number of carboxylic acid groups (broad SMARTS) is 1. The van der Waals surface area contributed by atoms with Gasteiger partial charge in [0.1, 0.15) is 5.60 Å². The van der Waals surface area contributed by atoms with Gasteiger partial charge in [0.15, 0.2) is 0 Å². The lowest BCUT2D eigenvalue weighted by atomic mass is 9.92. The zero-order valence-electron chi connectivity index (χ0n) is 13.9. The smallest absolute Gasteiger partial charge is 0.407 e. The number of piperidine rings is 1. The number of anilines is 1. The summed E-state index contributed by atoms with van der Waals surface area (Å²) in [5.41, 5.74) is 0.775. The number of hydrogen-bond donors (Lipinski definition) is 2. The van der Waals surface area contributed by atoms with Crippen LogP contribution in [0.25, 0.3) is 11.4 Å². The maximum Gasteiger partial charge on any atom is 0.407 e. The first kappa shape index (κ1) is 16.2. The molecule has 134 valence electrons. The number of amides is 1. The fourth-order valence-corrected chi connectivity index (χ4v) is 3.24. The number of nitrogens with one attached hydrogen (secondary N) is 1. The molecule has 2 aliphatic rings.